The third-order valence-corrected chi connectivity index (χ3v) is 3.10. The van der Waals surface area contributed by atoms with Crippen molar-refractivity contribution >= 4 is 0 Å². The first kappa shape index (κ1) is 17.8. The standard InChI is InChI=1S/C14H31NO3/c1-4-6-7-8-9-18-11-13(16)10-15-12-14(3,17)5-2/h13,15-17H,4-12H2,1-3H3. The van der Waals surface area contributed by atoms with Crippen molar-refractivity contribution < 1.29 is 14.9 Å². The van der Waals surface area contributed by atoms with Crippen molar-refractivity contribution in [2.75, 3.05) is 26.3 Å². The van der Waals surface area contributed by atoms with E-state index in [-0.39, 0.29) is 0 Å². The second-order valence-electron chi connectivity index (χ2n) is 5.27. The van der Waals surface area contributed by atoms with Crippen LogP contribution in [0.3, 0.4) is 0 Å². The molecule has 0 heterocycles. The van der Waals surface area contributed by atoms with E-state index in [2.05, 4.69) is 12.2 Å². The van der Waals surface area contributed by atoms with Gasteiger partial charge in [0.1, 0.15) is 0 Å². The van der Waals surface area contributed by atoms with E-state index >= 15 is 0 Å². The van der Waals surface area contributed by atoms with Gasteiger partial charge in [0, 0.05) is 19.7 Å². The molecule has 0 bridgehead atoms. The van der Waals surface area contributed by atoms with E-state index in [0.717, 1.165) is 13.0 Å². The molecule has 0 rings (SSSR count). The number of rotatable bonds is 12. The van der Waals surface area contributed by atoms with Crippen LogP contribution < -0.4 is 5.32 Å². The summed E-state index contributed by atoms with van der Waals surface area (Å²) in [5, 5.41) is 22.5. The summed E-state index contributed by atoms with van der Waals surface area (Å²) in [7, 11) is 0. The van der Waals surface area contributed by atoms with E-state index in [9.17, 15) is 10.2 Å². The third kappa shape index (κ3) is 11.0. The van der Waals surface area contributed by atoms with Gasteiger partial charge in [0.15, 0.2) is 0 Å². The first-order valence-electron chi connectivity index (χ1n) is 7.20. The minimum Gasteiger partial charge on any atom is -0.389 e. The van der Waals surface area contributed by atoms with Gasteiger partial charge in [0.25, 0.3) is 0 Å². The zero-order valence-electron chi connectivity index (χ0n) is 12.2. The Morgan fingerprint density at radius 3 is 2.56 bits per heavy atom. The number of hydrogen-bond donors (Lipinski definition) is 3. The summed E-state index contributed by atoms with van der Waals surface area (Å²) in [5.74, 6) is 0. The average molecular weight is 261 g/mol. The predicted molar refractivity (Wildman–Crippen MR) is 74.8 cm³/mol. The molecule has 0 amide bonds. The number of ether oxygens (including phenoxy) is 1. The Labute approximate surface area is 112 Å². The van der Waals surface area contributed by atoms with Gasteiger partial charge in [-0.2, -0.15) is 0 Å². The van der Waals surface area contributed by atoms with Gasteiger partial charge in [-0.05, 0) is 19.8 Å². The molecular formula is C14H31NO3. The fraction of sp³-hybridized carbons (Fsp3) is 1.00. The van der Waals surface area contributed by atoms with Gasteiger partial charge >= 0.3 is 0 Å². The number of aliphatic hydroxyl groups excluding tert-OH is 1. The molecular weight excluding hydrogens is 230 g/mol. The molecule has 2 atom stereocenters. The van der Waals surface area contributed by atoms with Crippen molar-refractivity contribution in [3.8, 4) is 0 Å². The van der Waals surface area contributed by atoms with Crippen LogP contribution in [0.1, 0.15) is 52.9 Å². The summed E-state index contributed by atoms with van der Waals surface area (Å²) in [6, 6.07) is 0. The molecule has 0 aliphatic heterocycles. The minimum absolute atomic E-state index is 0.368. The Hall–Kier alpha value is -0.160. The first-order chi connectivity index (χ1) is 8.52. The fourth-order valence-corrected chi connectivity index (χ4v) is 1.54. The number of nitrogens with one attached hydrogen (secondary N) is 1. The molecule has 0 saturated carbocycles. The normalized spacial score (nSPS) is 16.5. The first-order valence-corrected chi connectivity index (χ1v) is 7.20. The Balaban J connectivity index is 3.35. The van der Waals surface area contributed by atoms with Crippen molar-refractivity contribution in [1.82, 2.24) is 5.32 Å². The summed E-state index contributed by atoms with van der Waals surface area (Å²) in [5.41, 5.74) is -0.694. The highest BCUT2D eigenvalue weighted by atomic mass is 16.5. The van der Waals surface area contributed by atoms with Gasteiger partial charge < -0.3 is 20.3 Å². The second-order valence-corrected chi connectivity index (χ2v) is 5.27. The second kappa shape index (κ2) is 10.7. The summed E-state index contributed by atoms with van der Waals surface area (Å²) in [6.07, 6.45) is 4.94. The Kier molecular flexibility index (Phi) is 10.6. The zero-order valence-corrected chi connectivity index (χ0v) is 12.2. The van der Waals surface area contributed by atoms with Crippen molar-refractivity contribution in [1.29, 1.82) is 0 Å². The lowest BCUT2D eigenvalue weighted by Crippen LogP contribution is -2.41. The van der Waals surface area contributed by atoms with Gasteiger partial charge in [-0.25, -0.2) is 0 Å². The lowest BCUT2D eigenvalue weighted by atomic mass is 10.0. The van der Waals surface area contributed by atoms with Crippen molar-refractivity contribution in [3.63, 3.8) is 0 Å². The van der Waals surface area contributed by atoms with Crippen LogP contribution in [-0.4, -0.2) is 48.2 Å². The molecule has 0 fully saturated rings. The van der Waals surface area contributed by atoms with Crippen LogP contribution >= 0.6 is 0 Å². The average Bonchev–Trinajstić information content (AvgIpc) is 2.33. The highest BCUT2D eigenvalue weighted by Crippen LogP contribution is 2.05. The van der Waals surface area contributed by atoms with E-state index in [1.54, 1.807) is 6.92 Å². The van der Waals surface area contributed by atoms with Crippen LogP contribution in [0.5, 0.6) is 0 Å². The van der Waals surface area contributed by atoms with Gasteiger partial charge in [0.2, 0.25) is 0 Å². The fourth-order valence-electron chi connectivity index (χ4n) is 1.54. The summed E-state index contributed by atoms with van der Waals surface area (Å²) < 4.78 is 5.40. The number of hydrogen-bond acceptors (Lipinski definition) is 4. The minimum atomic E-state index is -0.694. The molecule has 0 spiro atoms. The van der Waals surface area contributed by atoms with Gasteiger partial charge in [-0.3, -0.25) is 0 Å². The van der Waals surface area contributed by atoms with Crippen molar-refractivity contribution in [2.24, 2.45) is 0 Å². The van der Waals surface area contributed by atoms with Crippen molar-refractivity contribution in [2.45, 2.75) is 64.6 Å². The summed E-state index contributed by atoms with van der Waals surface area (Å²) in [4.78, 5) is 0. The van der Waals surface area contributed by atoms with E-state index < -0.39 is 11.7 Å². The highest BCUT2D eigenvalue weighted by Gasteiger charge is 2.17. The lowest BCUT2D eigenvalue weighted by molar-refractivity contribution is 0.0248. The molecule has 0 aliphatic carbocycles. The number of aliphatic hydroxyl groups is 2. The molecule has 3 N–H and O–H groups in total. The van der Waals surface area contributed by atoms with Gasteiger partial charge in [-0.1, -0.05) is 33.1 Å². The van der Waals surface area contributed by atoms with Gasteiger partial charge in [-0.15, -0.1) is 0 Å². The van der Waals surface area contributed by atoms with E-state index in [0.29, 0.717) is 26.1 Å². The molecule has 0 radical (unpaired) electrons. The largest absolute Gasteiger partial charge is 0.389 e. The van der Waals surface area contributed by atoms with Crippen LogP contribution in [0.2, 0.25) is 0 Å². The van der Waals surface area contributed by atoms with Crippen molar-refractivity contribution in [3.05, 3.63) is 0 Å². The quantitative estimate of drug-likeness (QED) is 0.468. The van der Waals surface area contributed by atoms with Crippen LogP contribution in [0.25, 0.3) is 0 Å². The lowest BCUT2D eigenvalue weighted by Gasteiger charge is -2.22. The molecule has 0 saturated heterocycles. The maximum absolute atomic E-state index is 9.76. The predicted octanol–water partition coefficient (Wildman–Crippen LogP) is 1.69. The van der Waals surface area contributed by atoms with E-state index in [1.807, 2.05) is 6.92 Å². The summed E-state index contributed by atoms with van der Waals surface area (Å²) in [6.45, 7) is 7.97. The third-order valence-electron chi connectivity index (χ3n) is 3.10. The molecule has 0 aliphatic rings. The van der Waals surface area contributed by atoms with Crippen LogP contribution in [-0.2, 0) is 4.74 Å². The molecule has 110 valence electrons. The highest BCUT2D eigenvalue weighted by molar-refractivity contribution is 4.74. The molecule has 4 nitrogen and oxygen atoms in total. The van der Waals surface area contributed by atoms with Crippen LogP contribution in [0.15, 0.2) is 0 Å². The monoisotopic (exact) mass is 261 g/mol. The maximum atomic E-state index is 9.76. The maximum Gasteiger partial charge on any atom is 0.0897 e. The Morgan fingerprint density at radius 1 is 1.22 bits per heavy atom. The Bertz CT molecular complexity index is 186. The molecule has 18 heavy (non-hydrogen) atoms. The number of unbranched alkanes of at least 4 members (excludes halogenated alkanes) is 3. The topological polar surface area (TPSA) is 61.7 Å². The Morgan fingerprint density at radius 2 is 1.94 bits per heavy atom. The SMILES string of the molecule is CCCCCCOCC(O)CNCC(C)(O)CC. The molecule has 0 aromatic heterocycles. The molecule has 0 aromatic carbocycles. The smallest absolute Gasteiger partial charge is 0.0897 e. The van der Waals surface area contributed by atoms with E-state index in [1.165, 1.54) is 19.3 Å². The van der Waals surface area contributed by atoms with Crippen LogP contribution in [0, 0.1) is 0 Å². The molecule has 0 aromatic rings. The molecule has 2 unspecified atom stereocenters. The zero-order chi connectivity index (χ0) is 13.9. The van der Waals surface area contributed by atoms with Gasteiger partial charge in [0.05, 0.1) is 18.3 Å². The van der Waals surface area contributed by atoms with Crippen LogP contribution in [0.4, 0.5) is 0 Å². The van der Waals surface area contributed by atoms with E-state index in [4.69, 9.17) is 4.74 Å². The molecule has 4 heteroatoms. The summed E-state index contributed by atoms with van der Waals surface area (Å²) >= 11 is 0.